The van der Waals surface area contributed by atoms with E-state index in [1.807, 2.05) is 0 Å². The first-order chi connectivity index (χ1) is 7.33. The SMILES string of the molecule is C/C=C/CN1c2ccccc2NCC1C. The van der Waals surface area contributed by atoms with Crippen LogP contribution >= 0.6 is 0 Å². The zero-order valence-corrected chi connectivity index (χ0v) is 9.40. The fourth-order valence-corrected chi connectivity index (χ4v) is 1.98. The van der Waals surface area contributed by atoms with Crippen molar-refractivity contribution in [2.45, 2.75) is 19.9 Å². The molecule has 0 bridgehead atoms. The number of para-hydroxylation sites is 2. The molecule has 1 unspecified atom stereocenters. The van der Waals surface area contributed by atoms with Crippen molar-refractivity contribution in [3.8, 4) is 0 Å². The first-order valence-corrected chi connectivity index (χ1v) is 5.53. The minimum atomic E-state index is 0.552. The number of nitrogens with zero attached hydrogens (tertiary/aromatic N) is 1. The van der Waals surface area contributed by atoms with Crippen molar-refractivity contribution >= 4 is 11.4 Å². The third kappa shape index (κ3) is 1.99. The summed E-state index contributed by atoms with van der Waals surface area (Å²) in [4.78, 5) is 2.44. The monoisotopic (exact) mass is 202 g/mol. The Morgan fingerprint density at radius 1 is 1.47 bits per heavy atom. The third-order valence-corrected chi connectivity index (χ3v) is 2.87. The van der Waals surface area contributed by atoms with Crippen LogP contribution in [0.15, 0.2) is 36.4 Å². The van der Waals surface area contributed by atoms with Crippen LogP contribution in [-0.2, 0) is 0 Å². The second kappa shape index (κ2) is 4.39. The van der Waals surface area contributed by atoms with Crippen LogP contribution in [0.1, 0.15) is 13.8 Å². The Labute approximate surface area is 91.6 Å². The number of benzene rings is 1. The molecule has 1 aliphatic heterocycles. The van der Waals surface area contributed by atoms with Crippen molar-refractivity contribution < 1.29 is 0 Å². The summed E-state index contributed by atoms with van der Waals surface area (Å²) in [6, 6.07) is 9.05. The van der Waals surface area contributed by atoms with Crippen molar-refractivity contribution in [3.63, 3.8) is 0 Å². The van der Waals surface area contributed by atoms with Gasteiger partial charge in [0.15, 0.2) is 0 Å². The fraction of sp³-hybridized carbons (Fsp3) is 0.385. The Hall–Kier alpha value is -1.44. The smallest absolute Gasteiger partial charge is 0.0607 e. The van der Waals surface area contributed by atoms with E-state index < -0.39 is 0 Å². The van der Waals surface area contributed by atoms with Crippen LogP contribution in [0.3, 0.4) is 0 Å². The molecule has 2 rings (SSSR count). The van der Waals surface area contributed by atoms with Gasteiger partial charge in [-0.2, -0.15) is 0 Å². The number of fused-ring (bicyclic) bond motifs is 1. The summed E-state index contributed by atoms with van der Waals surface area (Å²) in [5.41, 5.74) is 2.56. The van der Waals surface area contributed by atoms with Crippen molar-refractivity contribution in [1.82, 2.24) is 0 Å². The number of anilines is 2. The van der Waals surface area contributed by atoms with Gasteiger partial charge in [-0.25, -0.2) is 0 Å². The zero-order chi connectivity index (χ0) is 10.7. The Bertz CT molecular complexity index is 357. The van der Waals surface area contributed by atoms with E-state index in [1.54, 1.807) is 0 Å². The highest BCUT2D eigenvalue weighted by atomic mass is 15.2. The van der Waals surface area contributed by atoms with Gasteiger partial charge >= 0.3 is 0 Å². The maximum atomic E-state index is 3.45. The quantitative estimate of drug-likeness (QED) is 0.742. The molecule has 0 aliphatic carbocycles. The van der Waals surface area contributed by atoms with Gasteiger partial charge in [-0.3, -0.25) is 0 Å². The predicted octanol–water partition coefficient (Wildman–Crippen LogP) is 2.88. The average Bonchev–Trinajstić information content (AvgIpc) is 2.28. The molecule has 1 aliphatic rings. The predicted molar refractivity (Wildman–Crippen MR) is 66.6 cm³/mol. The van der Waals surface area contributed by atoms with Crippen LogP contribution in [0.2, 0.25) is 0 Å². The summed E-state index contributed by atoms with van der Waals surface area (Å²) < 4.78 is 0. The Morgan fingerprint density at radius 3 is 3.07 bits per heavy atom. The van der Waals surface area contributed by atoms with Gasteiger partial charge in [-0.05, 0) is 26.0 Å². The minimum absolute atomic E-state index is 0.552. The van der Waals surface area contributed by atoms with Gasteiger partial charge in [-0.1, -0.05) is 24.3 Å². The first kappa shape index (κ1) is 10.1. The molecule has 0 amide bonds. The molecule has 0 saturated carbocycles. The molecule has 2 heteroatoms. The van der Waals surface area contributed by atoms with E-state index in [-0.39, 0.29) is 0 Å². The second-order valence-electron chi connectivity index (χ2n) is 3.97. The van der Waals surface area contributed by atoms with E-state index in [2.05, 4.69) is 60.5 Å². The molecule has 1 N–H and O–H groups in total. The normalized spacial score (nSPS) is 20.1. The number of rotatable bonds is 2. The van der Waals surface area contributed by atoms with Crippen LogP contribution in [-0.4, -0.2) is 19.1 Å². The van der Waals surface area contributed by atoms with Crippen molar-refractivity contribution in [2.24, 2.45) is 0 Å². The van der Waals surface area contributed by atoms with Gasteiger partial charge < -0.3 is 10.2 Å². The molecule has 0 radical (unpaired) electrons. The standard InChI is InChI=1S/C13H18N2/c1-3-4-9-15-11(2)10-14-12-7-5-6-8-13(12)15/h3-8,11,14H,9-10H2,1-2H3/b4-3+. The molecular formula is C13H18N2. The second-order valence-corrected chi connectivity index (χ2v) is 3.97. The molecule has 2 nitrogen and oxygen atoms in total. The summed E-state index contributed by atoms with van der Waals surface area (Å²) >= 11 is 0. The molecule has 1 aromatic carbocycles. The number of hydrogen-bond acceptors (Lipinski definition) is 2. The maximum Gasteiger partial charge on any atom is 0.0607 e. The van der Waals surface area contributed by atoms with E-state index in [0.717, 1.165) is 13.1 Å². The first-order valence-electron chi connectivity index (χ1n) is 5.53. The molecule has 1 aromatic rings. The minimum Gasteiger partial charge on any atom is -0.381 e. The highest BCUT2D eigenvalue weighted by molar-refractivity contribution is 5.72. The summed E-state index contributed by atoms with van der Waals surface area (Å²) in [7, 11) is 0. The number of allylic oxidation sites excluding steroid dienone is 1. The van der Waals surface area contributed by atoms with Gasteiger partial charge in [0.05, 0.1) is 11.4 Å². The molecule has 0 fully saturated rings. The van der Waals surface area contributed by atoms with Crippen LogP contribution in [0.5, 0.6) is 0 Å². The van der Waals surface area contributed by atoms with E-state index in [0.29, 0.717) is 6.04 Å². The fourth-order valence-electron chi connectivity index (χ4n) is 1.98. The summed E-state index contributed by atoms with van der Waals surface area (Å²) in [6.07, 6.45) is 4.32. The lowest BCUT2D eigenvalue weighted by Crippen LogP contribution is -2.42. The molecule has 80 valence electrons. The summed E-state index contributed by atoms with van der Waals surface area (Å²) in [5.74, 6) is 0. The van der Waals surface area contributed by atoms with Crippen molar-refractivity contribution in [1.29, 1.82) is 0 Å². The van der Waals surface area contributed by atoms with E-state index in [9.17, 15) is 0 Å². The molecule has 0 spiro atoms. The summed E-state index contributed by atoms with van der Waals surface area (Å²) in [5, 5.41) is 3.45. The lowest BCUT2D eigenvalue weighted by molar-refractivity contribution is 0.674. The molecule has 1 atom stereocenters. The average molecular weight is 202 g/mol. The molecule has 0 saturated heterocycles. The lowest BCUT2D eigenvalue weighted by Gasteiger charge is -2.37. The lowest BCUT2D eigenvalue weighted by atomic mass is 10.1. The Balaban J connectivity index is 2.28. The Morgan fingerprint density at radius 2 is 2.27 bits per heavy atom. The van der Waals surface area contributed by atoms with E-state index in [1.165, 1.54) is 11.4 Å². The van der Waals surface area contributed by atoms with Crippen molar-refractivity contribution in [3.05, 3.63) is 36.4 Å². The number of nitrogens with one attached hydrogen (secondary N) is 1. The van der Waals surface area contributed by atoms with Gasteiger partial charge in [0, 0.05) is 19.1 Å². The van der Waals surface area contributed by atoms with Crippen LogP contribution in [0.25, 0.3) is 0 Å². The van der Waals surface area contributed by atoms with Crippen molar-refractivity contribution in [2.75, 3.05) is 23.3 Å². The van der Waals surface area contributed by atoms with Gasteiger partial charge in [0.1, 0.15) is 0 Å². The summed E-state index contributed by atoms with van der Waals surface area (Å²) in [6.45, 7) is 6.34. The van der Waals surface area contributed by atoms with Crippen LogP contribution in [0.4, 0.5) is 11.4 Å². The largest absolute Gasteiger partial charge is 0.381 e. The van der Waals surface area contributed by atoms with Crippen LogP contribution < -0.4 is 10.2 Å². The van der Waals surface area contributed by atoms with Gasteiger partial charge in [-0.15, -0.1) is 0 Å². The number of hydrogen-bond donors (Lipinski definition) is 1. The van der Waals surface area contributed by atoms with E-state index in [4.69, 9.17) is 0 Å². The zero-order valence-electron chi connectivity index (χ0n) is 9.40. The van der Waals surface area contributed by atoms with Gasteiger partial charge in [0.2, 0.25) is 0 Å². The molecule has 15 heavy (non-hydrogen) atoms. The van der Waals surface area contributed by atoms with E-state index >= 15 is 0 Å². The highest BCUT2D eigenvalue weighted by Gasteiger charge is 2.20. The third-order valence-electron chi connectivity index (χ3n) is 2.87. The van der Waals surface area contributed by atoms with Gasteiger partial charge in [0.25, 0.3) is 0 Å². The Kier molecular flexibility index (Phi) is 2.95. The molecule has 1 heterocycles. The maximum absolute atomic E-state index is 3.45. The van der Waals surface area contributed by atoms with Crippen LogP contribution in [0, 0.1) is 0 Å². The highest BCUT2D eigenvalue weighted by Crippen LogP contribution is 2.30. The molecular weight excluding hydrogens is 184 g/mol. The topological polar surface area (TPSA) is 15.3 Å². The molecule has 0 aromatic heterocycles.